The molecule has 0 unspecified atom stereocenters. The summed E-state index contributed by atoms with van der Waals surface area (Å²) in [7, 11) is -4.39. The molecule has 3 aliphatic rings. The van der Waals surface area contributed by atoms with Gasteiger partial charge in [-0.1, -0.05) is 29.8 Å². The van der Waals surface area contributed by atoms with Crippen molar-refractivity contribution >= 4 is 33.2 Å². The molecule has 2 aromatic carbocycles. The number of halogens is 4. The highest BCUT2D eigenvalue weighted by Crippen LogP contribution is 2.41. The summed E-state index contributed by atoms with van der Waals surface area (Å²) >= 11 is 6.27. The van der Waals surface area contributed by atoms with E-state index >= 15 is 0 Å². The lowest BCUT2D eigenvalue weighted by Crippen LogP contribution is -2.43. The second kappa shape index (κ2) is 14.3. The number of alkyl halides is 3. The monoisotopic (exact) mass is 670 g/mol. The molecule has 13 heteroatoms. The minimum absolute atomic E-state index is 0.00528. The van der Waals surface area contributed by atoms with E-state index in [9.17, 15) is 31.5 Å². The van der Waals surface area contributed by atoms with Crippen LogP contribution in [0.5, 0.6) is 5.75 Å². The number of sulfonamides is 1. The van der Waals surface area contributed by atoms with Crippen molar-refractivity contribution in [3.8, 4) is 5.75 Å². The van der Waals surface area contributed by atoms with E-state index in [1.807, 2.05) is 18.2 Å². The van der Waals surface area contributed by atoms with Gasteiger partial charge in [0.2, 0.25) is 10.0 Å². The molecule has 5 rings (SSSR count). The number of carbonyl (C=O) groups is 1. The quantitative estimate of drug-likeness (QED) is 0.378. The standard InChI is InChI=1S/C32H38ClF3N2O6S/c33-25-11-8-24-20-43-30-13-10-22-18-28(30)38(15-4-3-5-21(24)17-25)19-23-9-12-27(23)29(39)7-2-1-6-26(14-16-44-32(34,35)36)45(41,42)37-31(22)40/h2,7-8,10-11,13,17-18,23,26-27,29,39H,1,3-6,9,12,14-16,19-20H2,(H,37,40)/b7-2+/t23-,26+,27+,29-/m0/s1. The SMILES string of the molecule is O=C1NS(=O)(=O)[C@@H](CCOC(F)(F)F)CC/C=C/[C@H](O)[C@@H]2CC[C@H]2CN2CCCCc3cc(Cl)ccc3COc3ccc1cc32. The van der Waals surface area contributed by atoms with Gasteiger partial charge in [-0.15, -0.1) is 13.2 Å². The number of fused-ring (bicyclic) bond motifs is 3. The minimum Gasteiger partial charge on any atom is -0.487 e. The summed E-state index contributed by atoms with van der Waals surface area (Å²) < 4.78 is 76.7. The van der Waals surface area contributed by atoms with Gasteiger partial charge in [0.15, 0.2) is 0 Å². The highest BCUT2D eigenvalue weighted by molar-refractivity contribution is 7.90. The minimum atomic E-state index is -4.91. The van der Waals surface area contributed by atoms with E-state index in [0.717, 1.165) is 43.2 Å². The number of nitrogens with one attached hydrogen (secondary N) is 1. The number of aliphatic hydroxyl groups is 1. The molecule has 2 bridgehead atoms. The van der Waals surface area contributed by atoms with Crippen molar-refractivity contribution in [3.63, 3.8) is 0 Å². The lowest BCUT2D eigenvalue weighted by atomic mass is 9.70. The van der Waals surface area contributed by atoms with Crippen LogP contribution in [0.2, 0.25) is 5.02 Å². The third-order valence-corrected chi connectivity index (χ3v) is 11.0. The Morgan fingerprint density at radius 3 is 2.67 bits per heavy atom. The molecule has 4 atom stereocenters. The summed E-state index contributed by atoms with van der Waals surface area (Å²) in [5.41, 5.74) is 2.81. The first-order chi connectivity index (χ1) is 21.4. The van der Waals surface area contributed by atoms with Crippen LogP contribution in [0.15, 0.2) is 48.6 Å². The molecule has 246 valence electrons. The summed E-state index contributed by atoms with van der Waals surface area (Å²) in [6.45, 7) is 0.658. The summed E-state index contributed by atoms with van der Waals surface area (Å²) in [4.78, 5) is 15.5. The fraction of sp³-hybridized carbons (Fsp3) is 0.531. The lowest BCUT2D eigenvalue weighted by molar-refractivity contribution is -0.324. The molecule has 2 aliphatic heterocycles. The fourth-order valence-corrected chi connectivity index (χ4v) is 7.92. The molecule has 2 aromatic rings. The van der Waals surface area contributed by atoms with Crippen molar-refractivity contribution in [1.82, 2.24) is 4.72 Å². The zero-order chi connectivity index (χ0) is 32.2. The van der Waals surface area contributed by atoms with Gasteiger partial charge in [0.1, 0.15) is 12.4 Å². The van der Waals surface area contributed by atoms with E-state index in [2.05, 4.69) is 14.4 Å². The third-order valence-electron chi connectivity index (χ3n) is 8.98. The number of allylic oxidation sites excluding steroid dienone is 1. The summed E-state index contributed by atoms with van der Waals surface area (Å²) in [5.74, 6) is -0.184. The molecule has 1 saturated carbocycles. The molecule has 0 saturated heterocycles. The van der Waals surface area contributed by atoms with Crippen LogP contribution in [-0.2, 0) is 27.8 Å². The highest BCUT2D eigenvalue weighted by atomic mass is 35.5. The number of carbonyl (C=O) groups excluding carboxylic acids is 1. The molecule has 1 aliphatic carbocycles. The van der Waals surface area contributed by atoms with Gasteiger partial charge in [-0.3, -0.25) is 9.53 Å². The van der Waals surface area contributed by atoms with Gasteiger partial charge in [-0.2, -0.15) is 0 Å². The molecule has 0 radical (unpaired) electrons. The van der Waals surface area contributed by atoms with Gasteiger partial charge in [0.25, 0.3) is 5.91 Å². The largest absolute Gasteiger partial charge is 0.522 e. The van der Waals surface area contributed by atoms with Crippen molar-refractivity contribution in [3.05, 3.63) is 70.3 Å². The van der Waals surface area contributed by atoms with Crippen LogP contribution in [0.1, 0.15) is 66.4 Å². The fourth-order valence-electron chi connectivity index (χ4n) is 6.33. The molecule has 45 heavy (non-hydrogen) atoms. The Balaban J connectivity index is 1.49. The Morgan fingerprint density at radius 2 is 1.91 bits per heavy atom. The first-order valence-corrected chi connectivity index (χ1v) is 17.2. The Hall–Kier alpha value is -2.80. The number of hydrogen-bond donors (Lipinski definition) is 2. The topological polar surface area (TPSA) is 105 Å². The molecule has 1 fully saturated rings. The predicted octanol–water partition coefficient (Wildman–Crippen LogP) is 6.15. The first kappa shape index (κ1) is 33.6. The van der Waals surface area contributed by atoms with Crippen molar-refractivity contribution < 1.29 is 41.0 Å². The number of benzene rings is 2. The van der Waals surface area contributed by atoms with Gasteiger partial charge >= 0.3 is 6.36 Å². The van der Waals surface area contributed by atoms with Crippen LogP contribution in [0.3, 0.4) is 0 Å². The van der Waals surface area contributed by atoms with Gasteiger partial charge in [0.05, 0.1) is 23.6 Å². The average Bonchev–Trinajstić information content (AvgIpc) is 2.98. The van der Waals surface area contributed by atoms with Crippen molar-refractivity contribution in [2.24, 2.45) is 11.8 Å². The first-order valence-electron chi connectivity index (χ1n) is 15.3. The second-order valence-corrected chi connectivity index (χ2v) is 14.4. The number of ether oxygens (including phenoxy) is 2. The molecule has 0 aromatic heterocycles. The van der Waals surface area contributed by atoms with Crippen molar-refractivity contribution in [2.75, 3.05) is 24.6 Å². The van der Waals surface area contributed by atoms with E-state index in [4.69, 9.17) is 16.3 Å². The van der Waals surface area contributed by atoms with Crippen molar-refractivity contribution in [1.29, 1.82) is 0 Å². The van der Waals surface area contributed by atoms with E-state index in [0.29, 0.717) is 29.5 Å². The van der Waals surface area contributed by atoms with Gasteiger partial charge in [0, 0.05) is 23.7 Å². The smallest absolute Gasteiger partial charge is 0.487 e. The zero-order valence-corrected chi connectivity index (χ0v) is 26.3. The number of aryl methyl sites for hydroxylation is 1. The van der Waals surface area contributed by atoms with Gasteiger partial charge < -0.3 is 14.7 Å². The van der Waals surface area contributed by atoms with Crippen LogP contribution in [0.25, 0.3) is 0 Å². The van der Waals surface area contributed by atoms with E-state index in [1.54, 1.807) is 24.3 Å². The molecular formula is C32H38ClF3N2O6S. The molecular weight excluding hydrogens is 633 g/mol. The number of anilines is 1. The van der Waals surface area contributed by atoms with Crippen LogP contribution >= 0.6 is 11.6 Å². The number of nitrogens with zero attached hydrogens (tertiary/aromatic N) is 1. The average molecular weight is 671 g/mol. The zero-order valence-electron chi connectivity index (χ0n) is 24.8. The Morgan fingerprint density at radius 1 is 1.09 bits per heavy atom. The maximum Gasteiger partial charge on any atom is 0.522 e. The lowest BCUT2D eigenvalue weighted by Gasteiger charge is -2.42. The number of aliphatic hydroxyl groups excluding tert-OH is 1. The maximum absolute atomic E-state index is 13.4. The second-order valence-electron chi connectivity index (χ2n) is 12.0. The highest BCUT2D eigenvalue weighted by Gasteiger charge is 2.37. The number of rotatable bonds is 3. The van der Waals surface area contributed by atoms with Gasteiger partial charge in [-0.25, -0.2) is 13.1 Å². The normalized spacial score (nSPS) is 26.6. The molecule has 2 N–H and O–H groups in total. The van der Waals surface area contributed by atoms with Crippen LogP contribution < -0.4 is 14.4 Å². The Kier molecular flexibility index (Phi) is 10.7. The Labute approximate surface area is 266 Å². The molecule has 0 spiro atoms. The van der Waals surface area contributed by atoms with E-state index in [-0.39, 0.29) is 36.8 Å². The summed E-state index contributed by atoms with van der Waals surface area (Å²) in [6, 6.07) is 10.4. The number of hydrogen-bond acceptors (Lipinski definition) is 7. The Bertz CT molecular complexity index is 1500. The summed E-state index contributed by atoms with van der Waals surface area (Å²) in [5, 5.41) is 10.3. The van der Waals surface area contributed by atoms with E-state index in [1.165, 1.54) is 6.07 Å². The van der Waals surface area contributed by atoms with Crippen molar-refractivity contribution in [2.45, 2.75) is 75.7 Å². The van der Waals surface area contributed by atoms with Crippen LogP contribution in [0, 0.1) is 11.8 Å². The molecule has 8 nitrogen and oxygen atoms in total. The summed E-state index contributed by atoms with van der Waals surface area (Å²) in [6.07, 6.45) is 1.60. The third kappa shape index (κ3) is 8.72. The molecule has 2 heterocycles. The van der Waals surface area contributed by atoms with Gasteiger partial charge in [-0.05, 0) is 105 Å². The van der Waals surface area contributed by atoms with E-state index < -0.39 is 46.7 Å². The molecule has 1 amide bonds. The predicted molar refractivity (Wildman–Crippen MR) is 165 cm³/mol. The van der Waals surface area contributed by atoms with Crippen LogP contribution in [0.4, 0.5) is 18.9 Å². The number of amides is 1. The maximum atomic E-state index is 13.4. The van der Waals surface area contributed by atoms with Crippen LogP contribution in [-0.4, -0.2) is 56.8 Å².